The highest BCUT2D eigenvalue weighted by Crippen LogP contribution is 2.23. The van der Waals surface area contributed by atoms with Gasteiger partial charge in [-0.05, 0) is 32.6 Å². The van der Waals surface area contributed by atoms with Crippen LogP contribution in [-0.2, 0) is 24.1 Å². The lowest BCUT2D eigenvalue weighted by atomic mass is 10.0. The van der Waals surface area contributed by atoms with Crippen molar-refractivity contribution in [3.63, 3.8) is 0 Å². The van der Waals surface area contributed by atoms with E-state index in [-0.39, 0.29) is 5.60 Å². The smallest absolute Gasteiger partial charge is 0.191 e. The first-order valence-corrected chi connectivity index (χ1v) is 9.20. The van der Waals surface area contributed by atoms with E-state index in [9.17, 15) is 0 Å². The van der Waals surface area contributed by atoms with E-state index in [0.717, 1.165) is 69.5 Å². The number of hydrogen-bond donors (Lipinski definition) is 2. The van der Waals surface area contributed by atoms with E-state index in [1.165, 1.54) is 19.3 Å². The van der Waals surface area contributed by atoms with Crippen molar-refractivity contribution < 1.29 is 4.74 Å². The molecule has 0 aromatic carbocycles. The summed E-state index contributed by atoms with van der Waals surface area (Å²) in [7, 11) is 1.80. The van der Waals surface area contributed by atoms with Crippen LogP contribution in [0.5, 0.6) is 0 Å². The lowest BCUT2D eigenvalue weighted by Gasteiger charge is -2.24. The summed E-state index contributed by atoms with van der Waals surface area (Å²) in [5.41, 5.74) is -0.0675. The molecular formula is C17H30N6O. The molecule has 2 N–H and O–H groups in total. The summed E-state index contributed by atoms with van der Waals surface area (Å²) in [6, 6.07) is 0. The summed E-state index contributed by atoms with van der Waals surface area (Å²) in [5.74, 6) is 3.06. The number of fused-ring (bicyclic) bond motifs is 1. The minimum Gasteiger partial charge on any atom is -0.373 e. The zero-order chi connectivity index (χ0) is 16.8. The number of aromatic nitrogens is 3. The van der Waals surface area contributed by atoms with Gasteiger partial charge < -0.3 is 19.9 Å². The molecule has 7 heteroatoms. The van der Waals surface area contributed by atoms with Gasteiger partial charge in [0.15, 0.2) is 5.96 Å². The fourth-order valence-electron chi connectivity index (χ4n) is 3.49. The summed E-state index contributed by atoms with van der Waals surface area (Å²) in [5, 5.41) is 15.5. The van der Waals surface area contributed by atoms with Crippen LogP contribution >= 0.6 is 0 Å². The van der Waals surface area contributed by atoms with Crippen LogP contribution in [0.25, 0.3) is 0 Å². The van der Waals surface area contributed by atoms with E-state index in [1.807, 2.05) is 0 Å². The Hall–Kier alpha value is -1.63. The van der Waals surface area contributed by atoms with Gasteiger partial charge in [-0.1, -0.05) is 6.42 Å². The molecule has 0 saturated carbocycles. The van der Waals surface area contributed by atoms with Crippen molar-refractivity contribution in [2.75, 3.05) is 26.7 Å². The SMILES string of the molecule is CN=C(NCCc1nnc2n1CCCCC2)NCC1(C)CCCO1. The van der Waals surface area contributed by atoms with Gasteiger partial charge in [-0.3, -0.25) is 4.99 Å². The third-order valence-electron chi connectivity index (χ3n) is 4.98. The lowest BCUT2D eigenvalue weighted by Crippen LogP contribution is -2.46. The Morgan fingerprint density at radius 3 is 2.96 bits per heavy atom. The van der Waals surface area contributed by atoms with Crippen LogP contribution in [-0.4, -0.2) is 53.1 Å². The molecule has 2 aliphatic heterocycles. The molecule has 3 rings (SSSR count). The number of ether oxygens (including phenoxy) is 1. The van der Waals surface area contributed by atoms with Gasteiger partial charge in [-0.25, -0.2) is 0 Å². The van der Waals surface area contributed by atoms with Gasteiger partial charge in [0.05, 0.1) is 5.60 Å². The zero-order valence-corrected chi connectivity index (χ0v) is 15.0. The molecule has 2 aliphatic rings. The predicted octanol–water partition coefficient (Wildman–Crippen LogP) is 1.28. The molecular weight excluding hydrogens is 304 g/mol. The van der Waals surface area contributed by atoms with Crippen molar-refractivity contribution in [1.29, 1.82) is 0 Å². The molecule has 7 nitrogen and oxygen atoms in total. The third-order valence-corrected chi connectivity index (χ3v) is 4.98. The first kappa shape index (κ1) is 17.2. The van der Waals surface area contributed by atoms with E-state index < -0.39 is 0 Å². The Morgan fingerprint density at radius 1 is 1.25 bits per heavy atom. The molecule has 0 bridgehead atoms. The van der Waals surface area contributed by atoms with Crippen LogP contribution < -0.4 is 10.6 Å². The number of aryl methyl sites for hydroxylation is 1. The molecule has 1 unspecified atom stereocenters. The highest BCUT2D eigenvalue weighted by Gasteiger charge is 2.29. The monoisotopic (exact) mass is 334 g/mol. The molecule has 3 heterocycles. The van der Waals surface area contributed by atoms with Crippen molar-refractivity contribution in [2.24, 2.45) is 4.99 Å². The van der Waals surface area contributed by atoms with Crippen LogP contribution in [0.2, 0.25) is 0 Å². The van der Waals surface area contributed by atoms with E-state index in [0.29, 0.717) is 0 Å². The molecule has 1 aromatic heterocycles. The highest BCUT2D eigenvalue weighted by molar-refractivity contribution is 5.79. The van der Waals surface area contributed by atoms with E-state index in [1.54, 1.807) is 7.05 Å². The predicted molar refractivity (Wildman–Crippen MR) is 94.2 cm³/mol. The van der Waals surface area contributed by atoms with Crippen LogP contribution in [0.3, 0.4) is 0 Å². The molecule has 0 amide bonds. The maximum Gasteiger partial charge on any atom is 0.191 e. The lowest BCUT2D eigenvalue weighted by molar-refractivity contribution is 0.0243. The van der Waals surface area contributed by atoms with E-state index in [4.69, 9.17) is 4.74 Å². The fraction of sp³-hybridized carbons (Fsp3) is 0.824. The molecule has 134 valence electrons. The first-order chi connectivity index (χ1) is 11.7. The largest absolute Gasteiger partial charge is 0.373 e. The van der Waals surface area contributed by atoms with Crippen molar-refractivity contribution in [3.8, 4) is 0 Å². The first-order valence-electron chi connectivity index (χ1n) is 9.20. The Morgan fingerprint density at radius 2 is 2.17 bits per heavy atom. The van der Waals surface area contributed by atoms with Gasteiger partial charge in [0.1, 0.15) is 11.6 Å². The third kappa shape index (κ3) is 4.26. The quantitative estimate of drug-likeness (QED) is 0.627. The van der Waals surface area contributed by atoms with Crippen LogP contribution in [0.15, 0.2) is 4.99 Å². The summed E-state index contributed by atoms with van der Waals surface area (Å²) in [4.78, 5) is 4.30. The summed E-state index contributed by atoms with van der Waals surface area (Å²) >= 11 is 0. The summed E-state index contributed by atoms with van der Waals surface area (Å²) < 4.78 is 8.11. The Bertz CT molecular complexity index is 561. The number of nitrogens with zero attached hydrogens (tertiary/aromatic N) is 4. The number of nitrogens with one attached hydrogen (secondary N) is 2. The van der Waals surface area contributed by atoms with Gasteiger partial charge in [0.25, 0.3) is 0 Å². The van der Waals surface area contributed by atoms with Crippen LogP contribution in [0.1, 0.15) is 50.7 Å². The number of guanidine groups is 1. The minimum absolute atomic E-state index is 0.0675. The Labute approximate surface area is 144 Å². The second kappa shape index (κ2) is 7.96. The van der Waals surface area contributed by atoms with Gasteiger partial charge in [-0.15, -0.1) is 10.2 Å². The standard InChI is InChI=1S/C17H30N6O/c1-17(9-6-12-24-17)13-20-16(18-2)19-10-8-15-22-21-14-7-4-3-5-11-23(14)15/h3-13H2,1-2H3,(H2,18,19,20). The minimum atomic E-state index is -0.0675. The number of aliphatic imine (C=N–C) groups is 1. The molecule has 1 saturated heterocycles. The topological polar surface area (TPSA) is 76.4 Å². The molecule has 0 radical (unpaired) electrons. The van der Waals surface area contributed by atoms with Crippen molar-refractivity contribution >= 4 is 5.96 Å². The highest BCUT2D eigenvalue weighted by atomic mass is 16.5. The average Bonchev–Trinajstić information content (AvgIpc) is 3.10. The van der Waals surface area contributed by atoms with Gasteiger partial charge in [-0.2, -0.15) is 0 Å². The molecule has 1 fully saturated rings. The maximum atomic E-state index is 5.81. The summed E-state index contributed by atoms with van der Waals surface area (Å²) in [6.45, 7) is 5.66. The van der Waals surface area contributed by atoms with Crippen LogP contribution in [0.4, 0.5) is 0 Å². The van der Waals surface area contributed by atoms with Gasteiger partial charge >= 0.3 is 0 Å². The van der Waals surface area contributed by atoms with Gasteiger partial charge in [0.2, 0.25) is 0 Å². The zero-order valence-electron chi connectivity index (χ0n) is 15.0. The molecule has 0 aliphatic carbocycles. The van der Waals surface area contributed by atoms with Crippen molar-refractivity contribution in [2.45, 2.75) is 64.0 Å². The second-order valence-corrected chi connectivity index (χ2v) is 7.00. The maximum absolute atomic E-state index is 5.81. The molecule has 24 heavy (non-hydrogen) atoms. The van der Waals surface area contributed by atoms with Gasteiger partial charge in [0, 0.05) is 46.1 Å². The number of rotatable bonds is 5. The average molecular weight is 334 g/mol. The number of hydrogen-bond acceptors (Lipinski definition) is 4. The fourth-order valence-corrected chi connectivity index (χ4v) is 3.49. The second-order valence-electron chi connectivity index (χ2n) is 7.00. The Balaban J connectivity index is 1.46. The molecule has 0 spiro atoms. The van der Waals surface area contributed by atoms with Crippen LogP contribution in [0, 0.1) is 0 Å². The normalized spacial score (nSPS) is 24.5. The van der Waals surface area contributed by atoms with Crippen molar-refractivity contribution in [3.05, 3.63) is 11.6 Å². The summed E-state index contributed by atoms with van der Waals surface area (Å²) in [6.07, 6.45) is 7.91. The molecule has 1 aromatic rings. The Kier molecular flexibility index (Phi) is 5.71. The van der Waals surface area contributed by atoms with Crippen molar-refractivity contribution in [1.82, 2.24) is 25.4 Å². The van der Waals surface area contributed by atoms with E-state index in [2.05, 4.69) is 37.3 Å². The van der Waals surface area contributed by atoms with E-state index >= 15 is 0 Å². The molecule has 1 atom stereocenters.